The van der Waals surface area contributed by atoms with Crippen LogP contribution in [0.1, 0.15) is 31.7 Å². The summed E-state index contributed by atoms with van der Waals surface area (Å²) in [5.74, 6) is -1.57. The van der Waals surface area contributed by atoms with Crippen LogP contribution < -0.4 is 10.1 Å². The monoisotopic (exact) mass is 287 g/mol. The summed E-state index contributed by atoms with van der Waals surface area (Å²) in [5.41, 5.74) is 0.553. The van der Waals surface area contributed by atoms with Gasteiger partial charge in [-0.3, -0.25) is 0 Å². The molecule has 0 aliphatic rings. The number of unbranched alkanes of at least 4 members (excludes halogenated alkanes) is 2. The van der Waals surface area contributed by atoms with Crippen LogP contribution in [0.15, 0.2) is 12.1 Å². The highest BCUT2D eigenvalue weighted by molar-refractivity contribution is 5.31. The fourth-order valence-corrected chi connectivity index (χ4v) is 1.79. The normalized spacial score (nSPS) is 10.8. The molecule has 1 rings (SSSR count). The van der Waals surface area contributed by atoms with Gasteiger partial charge in [-0.2, -0.15) is 0 Å². The standard InChI is InChI=1S/C15H23F2NO2/c1-3-4-5-7-20-15-13(16)9-12(10-14(15)17)11-18-6-8-19-2/h9-10,18H,3-8,11H2,1-2H3. The first-order valence-corrected chi connectivity index (χ1v) is 6.99. The van der Waals surface area contributed by atoms with Crippen LogP contribution in [0.2, 0.25) is 0 Å². The van der Waals surface area contributed by atoms with Crippen molar-refractivity contribution in [2.45, 2.75) is 32.7 Å². The van der Waals surface area contributed by atoms with Crippen molar-refractivity contribution in [1.29, 1.82) is 0 Å². The maximum absolute atomic E-state index is 13.8. The molecule has 1 aromatic carbocycles. The smallest absolute Gasteiger partial charge is 0.190 e. The topological polar surface area (TPSA) is 30.5 Å². The van der Waals surface area contributed by atoms with Crippen molar-refractivity contribution >= 4 is 0 Å². The second kappa shape index (κ2) is 9.66. The highest BCUT2D eigenvalue weighted by Gasteiger charge is 2.12. The maximum Gasteiger partial charge on any atom is 0.190 e. The number of benzene rings is 1. The summed E-state index contributed by atoms with van der Waals surface area (Å²) in [6.45, 7) is 3.99. The lowest BCUT2D eigenvalue weighted by atomic mass is 10.2. The minimum absolute atomic E-state index is 0.276. The first-order chi connectivity index (χ1) is 9.69. The zero-order valence-electron chi connectivity index (χ0n) is 12.2. The Hall–Kier alpha value is -1.20. The van der Waals surface area contributed by atoms with E-state index in [1.165, 1.54) is 12.1 Å². The van der Waals surface area contributed by atoms with Gasteiger partial charge in [-0.15, -0.1) is 0 Å². The predicted molar refractivity (Wildman–Crippen MR) is 75.0 cm³/mol. The lowest BCUT2D eigenvalue weighted by molar-refractivity contribution is 0.199. The molecule has 0 saturated carbocycles. The van der Waals surface area contributed by atoms with Crippen LogP contribution in [-0.4, -0.2) is 26.9 Å². The summed E-state index contributed by atoms with van der Waals surface area (Å²) < 4.78 is 37.6. The second-order valence-corrected chi connectivity index (χ2v) is 4.61. The summed E-state index contributed by atoms with van der Waals surface area (Å²) in [6.07, 6.45) is 2.83. The van der Waals surface area contributed by atoms with Gasteiger partial charge in [0, 0.05) is 20.2 Å². The molecule has 0 radical (unpaired) electrons. The van der Waals surface area contributed by atoms with Crippen molar-refractivity contribution in [2.75, 3.05) is 26.9 Å². The molecule has 0 atom stereocenters. The largest absolute Gasteiger partial charge is 0.488 e. The third-order valence-electron chi connectivity index (χ3n) is 2.86. The van der Waals surface area contributed by atoms with Crippen molar-refractivity contribution < 1.29 is 18.3 Å². The average molecular weight is 287 g/mol. The summed E-state index contributed by atoms with van der Waals surface area (Å²) in [5, 5.41) is 3.04. The number of hydrogen-bond acceptors (Lipinski definition) is 3. The van der Waals surface area contributed by atoms with E-state index in [0.717, 1.165) is 19.3 Å². The van der Waals surface area contributed by atoms with E-state index >= 15 is 0 Å². The number of halogens is 2. The zero-order valence-corrected chi connectivity index (χ0v) is 12.2. The van der Waals surface area contributed by atoms with Gasteiger partial charge in [-0.1, -0.05) is 19.8 Å². The molecule has 0 saturated heterocycles. The van der Waals surface area contributed by atoms with Crippen molar-refractivity contribution in [3.8, 4) is 5.75 Å². The Morgan fingerprint density at radius 2 is 1.80 bits per heavy atom. The number of methoxy groups -OCH3 is 1. The molecule has 0 aliphatic heterocycles. The van der Waals surface area contributed by atoms with Gasteiger partial charge in [0.15, 0.2) is 17.4 Å². The Morgan fingerprint density at radius 3 is 2.40 bits per heavy atom. The highest BCUT2D eigenvalue weighted by Crippen LogP contribution is 2.23. The molecule has 20 heavy (non-hydrogen) atoms. The summed E-state index contributed by atoms with van der Waals surface area (Å²) in [7, 11) is 1.60. The first kappa shape index (κ1) is 16.9. The SMILES string of the molecule is CCCCCOc1c(F)cc(CNCCOC)cc1F. The van der Waals surface area contributed by atoms with E-state index in [0.29, 0.717) is 31.9 Å². The maximum atomic E-state index is 13.8. The van der Waals surface area contributed by atoms with Crippen molar-refractivity contribution in [2.24, 2.45) is 0 Å². The highest BCUT2D eigenvalue weighted by atomic mass is 19.1. The lowest BCUT2D eigenvalue weighted by Crippen LogP contribution is -2.18. The Bertz CT molecular complexity index is 376. The van der Waals surface area contributed by atoms with Crippen molar-refractivity contribution in [3.63, 3.8) is 0 Å². The molecule has 0 bridgehead atoms. The third-order valence-corrected chi connectivity index (χ3v) is 2.86. The number of rotatable bonds is 10. The van der Waals surface area contributed by atoms with Crippen LogP contribution >= 0.6 is 0 Å². The van der Waals surface area contributed by atoms with Gasteiger partial charge < -0.3 is 14.8 Å². The van der Waals surface area contributed by atoms with Gasteiger partial charge in [0.2, 0.25) is 0 Å². The second-order valence-electron chi connectivity index (χ2n) is 4.61. The molecule has 0 fully saturated rings. The fraction of sp³-hybridized carbons (Fsp3) is 0.600. The number of ether oxygens (including phenoxy) is 2. The summed E-state index contributed by atoms with van der Waals surface area (Å²) in [4.78, 5) is 0. The molecule has 0 heterocycles. The Kier molecular flexibility index (Phi) is 8.14. The van der Waals surface area contributed by atoms with Gasteiger partial charge in [0.05, 0.1) is 13.2 Å². The molecule has 0 aromatic heterocycles. The van der Waals surface area contributed by atoms with E-state index in [1.807, 2.05) is 0 Å². The van der Waals surface area contributed by atoms with Crippen molar-refractivity contribution in [3.05, 3.63) is 29.3 Å². The molecule has 1 N–H and O–H groups in total. The van der Waals surface area contributed by atoms with Gasteiger partial charge in [-0.05, 0) is 24.1 Å². The fourth-order valence-electron chi connectivity index (χ4n) is 1.79. The number of nitrogens with one attached hydrogen (secondary N) is 1. The molecule has 0 amide bonds. The van der Waals surface area contributed by atoms with Crippen LogP contribution in [0, 0.1) is 11.6 Å². The minimum atomic E-state index is -0.648. The van der Waals surface area contributed by atoms with Crippen LogP contribution in [0.5, 0.6) is 5.75 Å². The average Bonchev–Trinajstić information content (AvgIpc) is 2.42. The zero-order chi connectivity index (χ0) is 14.8. The number of hydrogen-bond donors (Lipinski definition) is 1. The van der Waals surface area contributed by atoms with E-state index in [2.05, 4.69) is 12.2 Å². The molecule has 0 unspecified atom stereocenters. The van der Waals surface area contributed by atoms with E-state index in [-0.39, 0.29) is 5.75 Å². The van der Waals surface area contributed by atoms with E-state index in [9.17, 15) is 8.78 Å². The van der Waals surface area contributed by atoms with Gasteiger partial charge in [0.25, 0.3) is 0 Å². The minimum Gasteiger partial charge on any atom is -0.488 e. The van der Waals surface area contributed by atoms with Crippen LogP contribution in [0.25, 0.3) is 0 Å². The lowest BCUT2D eigenvalue weighted by Gasteiger charge is -2.10. The third kappa shape index (κ3) is 5.84. The Labute approximate surface area is 119 Å². The first-order valence-electron chi connectivity index (χ1n) is 6.99. The van der Waals surface area contributed by atoms with E-state index in [1.54, 1.807) is 7.11 Å². The van der Waals surface area contributed by atoms with Crippen LogP contribution in [0.4, 0.5) is 8.78 Å². The molecule has 5 heteroatoms. The quantitative estimate of drug-likeness (QED) is 0.670. The molecule has 0 aliphatic carbocycles. The molecule has 114 valence electrons. The van der Waals surface area contributed by atoms with Gasteiger partial charge in [-0.25, -0.2) is 8.78 Å². The van der Waals surface area contributed by atoms with Crippen LogP contribution in [-0.2, 0) is 11.3 Å². The van der Waals surface area contributed by atoms with Gasteiger partial charge in [0.1, 0.15) is 0 Å². The van der Waals surface area contributed by atoms with E-state index < -0.39 is 11.6 Å². The summed E-state index contributed by atoms with van der Waals surface area (Å²) in [6, 6.07) is 2.61. The molecule has 3 nitrogen and oxygen atoms in total. The summed E-state index contributed by atoms with van der Waals surface area (Å²) >= 11 is 0. The Morgan fingerprint density at radius 1 is 1.10 bits per heavy atom. The molecular formula is C15H23F2NO2. The van der Waals surface area contributed by atoms with Crippen molar-refractivity contribution in [1.82, 2.24) is 5.32 Å². The Balaban J connectivity index is 2.52. The molecule has 0 spiro atoms. The molecular weight excluding hydrogens is 264 g/mol. The van der Waals surface area contributed by atoms with E-state index in [4.69, 9.17) is 9.47 Å². The van der Waals surface area contributed by atoms with Gasteiger partial charge >= 0.3 is 0 Å². The van der Waals surface area contributed by atoms with Crippen LogP contribution in [0.3, 0.4) is 0 Å². The molecule has 1 aromatic rings. The predicted octanol–water partition coefficient (Wildman–Crippen LogP) is 3.27.